The second-order valence-corrected chi connectivity index (χ2v) is 9.15. The lowest BCUT2D eigenvalue weighted by atomic mass is 9.79. The van der Waals surface area contributed by atoms with Gasteiger partial charge in [-0.2, -0.15) is 0 Å². The number of nitrogens with zero attached hydrogens (tertiary/aromatic N) is 1. The molecule has 128 valence electrons. The van der Waals surface area contributed by atoms with Crippen LogP contribution in [0.3, 0.4) is 0 Å². The van der Waals surface area contributed by atoms with Crippen LogP contribution in [0.4, 0.5) is 0 Å². The highest BCUT2D eigenvalue weighted by Crippen LogP contribution is 2.36. The Morgan fingerprint density at radius 1 is 1.33 bits per heavy atom. The minimum Gasteiger partial charge on any atom is -0.438 e. The number of rotatable bonds is 4. The van der Waals surface area contributed by atoms with E-state index in [0.29, 0.717) is 17.2 Å². The summed E-state index contributed by atoms with van der Waals surface area (Å²) in [7, 11) is 0. The number of thiophene rings is 1. The molecular weight excluding hydrogens is 364 g/mol. The lowest BCUT2D eigenvalue weighted by Gasteiger charge is -2.49. The van der Waals surface area contributed by atoms with Crippen LogP contribution in [0.5, 0.6) is 0 Å². The van der Waals surface area contributed by atoms with Gasteiger partial charge in [-0.25, -0.2) is 0 Å². The van der Waals surface area contributed by atoms with Crippen LogP contribution < -0.4 is 5.32 Å². The first-order chi connectivity index (χ1) is 11.6. The summed E-state index contributed by atoms with van der Waals surface area (Å²) in [6.07, 6.45) is 2.39. The maximum absolute atomic E-state index is 12.6. The highest BCUT2D eigenvalue weighted by Gasteiger charge is 2.40. The zero-order valence-electron chi connectivity index (χ0n) is 13.3. The molecule has 0 spiro atoms. The molecule has 1 amide bonds. The Hall–Kier alpha value is -0.950. The molecule has 3 aliphatic rings. The van der Waals surface area contributed by atoms with Gasteiger partial charge in [-0.1, -0.05) is 0 Å². The van der Waals surface area contributed by atoms with E-state index < -0.39 is 0 Å². The number of hydrogen-bond acceptors (Lipinski definition) is 5. The number of furan rings is 1. The van der Waals surface area contributed by atoms with E-state index in [1.54, 1.807) is 6.07 Å². The number of nitrogens with one attached hydrogen (secondary N) is 1. The lowest BCUT2D eigenvalue weighted by Crippen LogP contribution is -2.62. The van der Waals surface area contributed by atoms with Gasteiger partial charge in [0, 0.05) is 12.1 Å². The summed E-state index contributed by atoms with van der Waals surface area (Å²) >= 11 is 8.76. The van der Waals surface area contributed by atoms with Gasteiger partial charge >= 0.3 is 0 Å². The Morgan fingerprint density at radius 3 is 2.79 bits per heavy atom. The van der Waals surface area contributed by atoms with Crippen molar-refractivity contribution in [2.24, 2.45) is 5.92 Å². The van der Waals surface area contributed by atoms with E-state index in [9.17, 15) is 4.79 Å². The standard InChI is InChI=1S/C17H19ClN2O2S2/c1-10-16(11-6-8-20(10)9-7-11)19-17(21)12-2-5-15(23-12)24-14-4-3-13(18)22-14/h2-5,10-11,16H,6-9H2,1H3,(H,19,21)/t10-,16-/m0/s1. The summed E-state index contributed by atoms with van der Waals surface area (Å²) in [5.74, 6) is 0.656. The third-order valence-electron chi connectivity index (χ3n) is 5.03. The number of carbonyl (C=O) groups excluding carboxylic acids is 1. The zero-order chi connectivity index (χ0) is 16.7. The Morgan fingerprint density at radius 2 is 2.12 bits per heavy atom. The van der Waals surface area contributed by atoms with Crippen LogP contribution in [-0.2, 0) is 0 Å². The molecule has 1 N–H and O–H groups in total. The molecule has 3 fully saturated rings. The van der Waals surface area contributed by atoms with Crippen molar-refractivity contribution in [2.45, 2.75) is 41.2 Å². The van der Waals surface area contributed by atoms with E-state index in [4.69, 9.17) is 16.0 Å². The molecule has 0 unspecified atom stereocenters. The third-order valence-corrected chi connectivity index (χ3v) is 7.37. The lowest BCUT2D eigenvalue weighted by molar-refractivity contribution is 0.0218. The molecule has 5 rings (SSSR count). The average molecular weight is 383 g/mol. The smallest absolute Gasteiger partial charge is 0.261 e. The van der Waals surface area contributed by atoms with Gasteiger partial charge in [0.15, 0.2) is 10.3 Å². The van der Waals surface area contributed by atoms with Gasteiger partial charge in [0.1, 0.15) is 0 Å². The highest BCUT2D eigenvalue weighted by atomic mass is 35.5. The fourth-order valence-electron chi connectivity index (χ4n) is 3.72. The second kappa shape index (κ2) is 6.75. The van der Waals surface area contributed by atoms with Crippen LogP contribution in [-0.4, -0.2) is 36.0 Å². The number of amides is 1. The highest BCUT2D eigenvalue weighted by molar-refractivity contribution is 8.01. The van der Waals surface area contributed by atoms with E-state index in [0.717, 1.165) is 14.2 Å². The first kappa shape index (κ1) is 16.5. The summed E-state index contributed by atoms with van der Waals surface area (Å²) in [5, 5.41) is 4.39. The van der Waals surface area contributed by atoms with Crippen LogP contribution in [0.2, 0.25) is 5.22 Å². The van der Waals surface area contributed by atoms with Crippen LogP contribution in [0, 0.1) is 5.92 Å². The van der Waals surface area contributed by atoms with Gasteiger partial charge in [0.2, 0.25) is 0 Å². The van der Waals surface area contributed by atoms with Crippen molar-refractivity contribution in [2.75, 3.05) is 13.1 Å². The van der Waals surface area contributed by atoms with Crippen molar-refractivity contribution in [3.05, 3.63) is 34.4 Å². The van der Waals surface area contributed by atoms with Crippen molar-refractivity contribution in [3.8, 4) is 0 Å². The molecule has 7 heteroatoms. The van der Waals surface area contributed by atoms with Crippen LogP contribution in [0.1, 0.15) is 29.4 Å². The van der Waals surface area contributed by atoms with Gasteiger partial charge in [0.05, 0.1) is 9.09 Å². The molecule has 0 radical (unpaired) electrons. The second-order valence-electron chi connectivity index (χ2n) is 6.39. The van der Waals surface area contributed by atoms with Gasteiger partial charge in [-0.15, -0.1) is 11.3 Å². The largest absolute Gasteiger partial charge is 0.438 e. The monoisotopic (exact) mass is 382 g/mol. The van der Waals surface area contributed by atoms with E-state index in [2.05, 4.69) is 17.1 Å². The summed E-state index contributed by atoms with van der Waals surface area (Å²) in [5.41, 5.74) is 0. The average Bonchev–Trinajstić information content (AvgIpc) is 3.21. The molecular formula is C17H19ClN2O2S2. The molecule has 0 aromatic carbocycles. The maximum Gasteiger partial charge on any atom is 0.261 e. The number of hydrogen-bond donors (Lipinski definition) is 1. The minimum atomic E-state index is 0.0370. The number of fused-ring (bicyclic) bond motifs is 3. The van der Waals surface area contributed by atoms with Gasteiger partial charge < -0.3 is 9.73 Å². The number of piperidine rings is 3. The SMILES string of the molecule is C[C@H]1[C@H](NC(=O)c2ccc(Sc3ccc(Cl)o3)s2)C2CCN1CC2. The molecule has 3 aliphatic heterocycles. The van der Waals surface area contributed by atoms with Crippen molar-refractivity contribution in [1.82, 2.24) is 10.2 Å². The summed E-state index contributed by atoms with van der Waals surface area (Å²) in [4.78, 5) is 15.9. The normalized spacial score (nSPS) is 28.9. The summed E-state index contributed by atoms with van der Waals surface area (Å²) < 4.78 is 6.38. The van der Waals surface area contributed by atoms with Crippen molar-refractivity contribution in [1.29, 1.82) is 0 Å². The Balaban J connectivity index is 1.41. The Labute approximate surface area is 154 Å². The fourth-order valence-corrected chi connectivity index (χ4v) is 5.83. The van der Waals surface area contributed by atoms with Gasteiger partial charge in [-0.3, -0.25) is 9.69 Å². The van der Waals surface area contributed by atoms with E-state index in [-0.39, 0.29) is 11.9 Å². The molecule has 4 nitrogen and oxygen atoms in total. The first-order valence-corrected chi connectivity index (χ1v) is 10.2. The predicted molar refractivity (Wildman–Crippen MR) is 97.2 cm³/mol. The van der Waals surface area contributed by atoms with Crippen LogP contribution in [0.15, 0.2) is 38.0 Å². The summed E-state index contributed by atoms with van der Waals surface area (Å²) in [6, 6.07) is 8.10. The quantitative estimate of drug-likeness (QED) is 0.853. The summed E-state index contributed by atoms with van der Waals surface area (Å²) in [6.45, 7) is 4.57. The Kier molecular flexibility index (Phi) is 4.64. The number of halogens is 1. The predicted octanol–water partition coefficient (Wildman–Crippen LogP) is 4.36. The van der Waals surface area contributed by atoms with E-state index in [1.807, 2.05) is 18.2 Å². The van der Waals surface area contributed by atoms with E-state index in [1.165, 1.54) is 49.0 Å². The van der Waals surface area contributed by atoms with E-state index >= 15 is 0 Å². The molecule has 2 aromatic heterocycles. The number of carbonyl (C=O) groups is 1. The molecule has 0 aliphatic carbocycles. The molecule has 2 atom stereocenters. The third kappa shape index (κ3) is 3.25. The van der Waals surface area contributed by atoms with Crippen molar-refractivity contribution in [3.63, 3.8) is 0 Å². The van der Waals surface area contributed by atoms with Crippen LogP contribution in [0.25, 0.3) is 0 Å². The Bertz CT molecular complexity index is 735. The molecule has 0 saturated carbocycles. The van der Waals surface area contributed by atoms with Gasteiger partial charge in [0.25, 0.3) is 5.91 Å². The van der Waals surface area contributed by atoms with Crippen LogP contribution >= 0.6 is 34.7 Å². The maximum atomic E-state index is 12.6. The van der Waals surface area contributed by atoms with Crippen molar-refractivity contribution < 1.29 is 9.21 Å². The van der Waals surface area contributed by atoms with Crippen molar-refractivity contribution >= 4 is 40.6 Å². The molecule has 2 bridgehead atoms. The molecule has 5 heterocycles. The van der Waals surface area contributed by atoms with Gasteiger partial charge in [-0.05, 0) is 86.4 Å². The zero-order valence-corrected chi connectivity index (χ0v) is 15.7. The fraction of sp³-hybridized carbons (Fsp3) is 0.471. The minimum absolute atomic E-state index is 0.0370. The molecule has 24 heavy (non-hydrogen) atoms. The topological polar surface area (TPSA) is 45.5 Å². The first-order valence-electron chi connectivity index (χ1n) is 8.18. The molecule has 2 aromatic rings. The molecule has 3 saturated heterocycles.